The van der Waals surface area contributed by atoms with Crippen LogP contribution in [-0.4, -0.2) is 20.0 Å². The van der Waals surface area contributed by atoms with Crippen molar-refractivity contribution in [1.29, 1.82) is 0 Å². The first-order valence-corrected chi connectivity index (χ1v) is 12.9. The predicted octanol–water partition coefficient (Wildman–Crippen LogP) is 7.30. The second kappa shape index (κ2) is 7.65. The highest BCUT2D eigenvalue weighted by Crippen LogP contribution is 2.65. The number of hydrogen-bond donors (Lipinski definition) is 1. The lowest BCUT2D eigenvalue weighted by atomic mass is 9.91. The van der Waals surface area contributed by atoms with Crippen LogP contribution >= 0.6 is 35.1 Å². The quantitative estimate of drug-likeness (QED) is 0.439. The lowest BCUT2D eigenvalue weighted by Crippen LogP contribution is -2.38. The van der Waals surface area contributed by atoms with Gasteiger partial charge < -0.3 is 4.90 Å². The minimum atomic E-state index is 0.166. The van der Waals surface area contributed by atoms with E-state index in [-0.39, 0.29) is 10.8 Å². The Kier molecular flexibility index (Phi) is 4.89. The molecule has 1 atom stereocenters. The Balaban J connectivity index is 1.49. The van der Waals surface area contributed by atoms with Gasteiger partial charge in [-0.1, -0.05) is 78.7 Å². The van der Waals surface area contributed by atoms with Crippen molar-refractivity contribution in [1.82, 2.24) is 15.1 Å². The molecule has 1 aliphatic carbocycles. The minimum absolute atomic E-state index is 0.166. The van der Waals surface area contributed by atoms with Crippen molar-refractivity contribution >= 4 is 35.1 Å². The molecule has 1 unspecified atom stereocenters. The molecule has 0 bridgehead atoms. The van der Waals surface area contributed by atoms with Crippen LogP contribution in [0.3, 0.4) is 0 Å². The smallest absolute Gasteiger partial charge is 0.129 e. The molecule has 0 amide bonds. The van der Waals surface area contributed by atoms with E-state index in [1.54, 1.807) is 0 Å². The molecular formula is C25H24ClN3S2. The summed E-state index contributed by atoms with van der Waals surface area (Å²) in [5.41, 5.74) is 5.16. The summed E-state index contributed by atoms with van der Waals surface area (Å²) in [7, 11) is 0. The second-order valence-corrected chi connectivity index (χ2v) is 11.5. The van der Waals surface area contributed by atoms with Crippen molar-refractivity contribution in [2.75, 3.05) is 0 Å². The molecule has 3 aromatic rings. The molecule has 0 radical (unpaired) electrons. The maximum Gasteiger partial charge on any atom is 0.129 e. The third-order valence-electron chi connectivity index (χ3n) is 6.72. The predicted molar refractivity (Wildman–Crippen MR) is 130 cm³/mol. The Labute approximate surface area is 196 Å². The highest BCUT2D eigenvalue weighted by atomic mass is 35.5. The number of allylic oxidation sites excluding steroid dienone is 1. The summed E-state index contributed by atoms with van der Waals surface area (Å²) in [6, 6.07) is 19.3. The Morgan fingerprint density at radius 2 is 1.84 bits per heavy atom. The highest BCUT2D eigenvalue weighted by Gasteiger charge is 2.52. The fraction of sp³-hybridized carbons (Fsp3) is 0.320. The van der Waals surface area contributed by atoms with Crippen molar-refractivity contribution < 1.29 is 0 Å². The van der Waals surface area contributed by atoms with Crippen molar-refractivity contribution in [3.63, 3.8) is 0 Å². The number of aromatic amines is 1. The number of aryl methyl sites for hydroxylation is 1. The molecule has 2 aromatic carbocycles. The van der Waals surface area contributed by atoms with Crippen LogP contribution in [-0.2, 0) is 6.54 Å². The van der Waals surface area contributed by atoms with E-state index in [1.165, 1.54) is 52.3 Å². The molecule has 1 N–H and O–H groups in total. The lowest BCUT2D eigenvalue weighted by Gasteiger charge is -2.37. The number of nitrogens with zero attached hydrogens (tertiary/aromatic N) is 2. The Morgan fingerprint density at radius 1 is 1.10 bits per heavy atom. The van der Waals surface area contributed by atoms with Crippen molar-refractivity contribution in [3.05, 3.63) is 91.9 Å². The molecule has 3 heterocycles. The fourth-order valence-electron chi connectivity index (χ4n) is 5.22. The summed E-state index contributed by atoms with van der Waals surface area (Å²) < 4.78 is 0. The second-order valence-electron chi connectivity index (χ2n) is 8.65. The van der Waals surface area contributed by atoms with Gasteiger partial charge in [0.1, 0.15) is 5.03 Å². The molecule has 158 valence electrons. The first kappa shape index (κ1) is 19.8. The number of rotatable bonds is 3. The van der Waals surface area contributed by atoms with Gasteiger partial charge in [0.2, 0.25) is 0 Å². The summed E-state index contributed by atoms with van der Waals surface area (Å²) in [5, 5.41) is 11.3. The van der Waals surface area contributed by atoms with Gasteiger partial charge >= 0.3 is 0 Å². The van der Waals surface area contributed by atoms with Gasteiger partial charge in [-0.15, -0.1) is 0 Å². The zero-order valence-electron chi connectivity index (χ0n) is 17.4. The zero-order chi connectivity index (χ0) is 21.0. The van der Waals surface area contributed by atoms with Crippen molar-refractivity contribution in [2.45, 2.75) is 55.0 Å². The largest absolute Gasteiger partial charge is 0.346 e. The van der Waals surface area contributed by atoms with E-state index in [4.69, 9.17) is 16.7 Å². The maximum atomic E-state index is 6.24. The number of benzene rings is 2. The third kappa shape index (κ3) is 3.24. The molecule has 2 aliphatic heterocycles. The molecule has 1 saturated carbocycles. The Hall–Kier alpha value is -1.82. The van der Waals surface area contributed by atoms with E-state index >= 15 is 0 Å². The molecule has 1 spiro atoms. The Morgan fingerprint density at radius 3 is 2.58 bits per heavy atom. The Bertz CT molecular complexity index is 1150. The first-order valence-electron chi connectivity index (χ1n) is 10.9. The van der Waals surface area contributed by atoms with E-state index in [0.717, 1.165) is 22.3 Å². The molecule has 31 heavy (non-hydrogen) atoms. The summed E-state index contributed by atoms with van der Waals surface area (Å²) in [6.45, 7) is 3.10. The number of thioether (sulfide) groups is 2. The third-order valence-corrected chi connectivity index (χ3v) is 9.90. The van der Waals surface area contributed by atoms with Crippen LogP contribution in [0.1, 0.15) is 54.0 Å². The summed E-state index contributed by atoms with van der Waals surface area (Å²) in [5.74, 6) is 0.213. The van der Waals surface area contributed by atoms with E-state index in [1.807, 2.05) is 23.9 Å². The minimum Gasteiger partial charge on any atom is -0.346 e. The normalized spacial score (nSPS) is 21.6. The van der Waals surface area contributed by atoms with Gasteiger partial charge in [0.25, 0.3) is 0 Å². The number of H-pyrrole nitrogens is 1. The van der Waals surface area contributed by atoms with Gasteiger partial charge in [-0.3, -0.25) is 5.10 Å². The van der Waals surface area contributed by atoms with Crippen molar-refractivity contribution in [3.8, 4) is 0 Å². The van der Waals surface area contributed by atoms with Crippen LogP contribution < -0.4 is 0 Å². The number of fused-ring (bicyclic) bond motifs is 1. The van der Waals surface area contributed by atoms with Gasteiger partial charge in [-0.25, -0.2) is 0 Å². The van der Waals surface area contributed by atoms with E-state index in [9.17, 15) is 0 Å². The zero-order valence-corrected chi connectivity index (χ0v) is 19.8. The number of aromatic nitrogens is 2. The van der Waals surface area contributed by atoms with Crippen LogP contribution in [0, 0.1) is 6.92 Å². The van der Waals surface area contributed by atoms with Gasteiger partial charge in [0, 0.05) is 33.6 Å². The molecule has 1 fully saturated rings. The maximum absolute atomic E-state index is 6.24. The van der Waals surface area contributed by atoms with E-state index in [0.29, 0.717) is 0 Å². The van der Waals surface area contributed by atoms with Gasteiger partial charge in [-0.2, -0.15) is 5.10 Å². The average molecular weight is 466 g/mol. The summed E-state index contributed by atoms with van der Waals surface area (Å²) in [6.07, 6.45) is 5.10. The molecule has 3 nitrogen and oxygen atoms in total. The first-order chi connectivity index (χ1) is 15.1. The average Bonchev–Trinajstić information content (AvgIpc) is 3.48. The van der Waals surface area contributed by atoms with E-state index in [2.05, 4.69) is 71.1 Å². The summed E-state index contributed by atoms with van der Waals surface area (Å²) >= 11 is 10.2. The molecule has 3 aliphatic rings. The molecule has 6 rings (SSSR count). The van der Waals surface area contributed by atoms with Gasteiger partial charge in [0.15, 0.2) is 0 Å². The topological polar surface area (TPSA) is 31.9 Å². The molecule has 6 heteroatoms. The fourth-order valence-corrected chi connectivity index (χ4v) is 8.61. The van der Waals surface area contributed by atoms with Gasteiger partial charge in [-0.05, 0) is 54.8 Å². The SMILES string of the molecule is Cc1[nH]nc2c1C(c1ccc(Cl)cc1)C1=C(S2)N(Cc2ccccc2)C2(CCCC2)S1. The standard InChI is InChI=1S/C25H24ClN3S2/c1-16-20-21(18-9-11-19(26)12-10-18)22-24(30-23(20)28-27-16)29(15-17-7-3-2-4-8-17)25(31-22)13-5-6-14-25/h2-4,7-12,21H,5-6,13-15H2,1H3,(H,27,28). The lowest BCUT2D eigenvalue weighted by molar-refractivity contribution is 0.238. The van der Waals surface area contributed by atoms with Crippen LogP contribution in [0.15, 0.2) is 69.6 Å². The number of hydrogen-bond acceptors (Lipinski definition) is 4. The van der Waals surface area contributed by atoms with Crippen LogP contribution in [0.4, 0.5) is 0 Å². The molecule has 0 saturated heterocycles. The highest BCUT2D eigenvalue weighted by molar-refractivity contribution is 8.08. The monoisotopic (exact) mass is 465 g/mol. The van der Waals surface area contributed by atoms with Crippen molar-refractivity contribution in [2.24, 2.45) is 0 Å². The number of nitrogens with one attached hydrogen (secondary N) is 1. The molecular weight excluding hydrogens is 442 g/mol. The van der Waals surface area contributed by atoms with Crippen LogP contribution in [0.25, 0.3) is 0 Å². The number of halogens is 1. The van der Waals surface area contributed by atoms with Gasteiger partial charge in [0.05, 0.1) is 9.90 Å². The molecule has 1 aromatic heterocycles. The van der Waals surface area contributed by atoms with E-state index < -0.39 is 0 Å². The van der Waals surface area contributed by atoms with Crippen LogP contribution in [0.2, 0.25) is 5.02 Å². The summed E-state index contributed by atoms with van der Waals surface area (Å²) in [4.78, 5) is 4.36. The van der Waals surface area contributed by atoms with Crippen LogP contribution in [0.5, 0.6) is 0 Å².